The van der Waals surface area contributed by atoms with Crippen LogP contribution in [-0.4, -0.2) is 46.5 Å². The maximum atomic E-state index is 13.9. The first-order valence-corrected chi connectivity index (χ1v) is 8.49. The van der Waals surface area contributed by atoms with Crippen LogP contribution in [0.2, 0.25) is 0 Å². The van der Waals surface area contributed by atoms with Crippen molar-refractivity contribution in [2.75, 3.05) is 31.1 Å². The third-order valence-electron chi connectivity index (χ3n) is 5.11. The molecule has 1 aromatic heterocycles. The van der Waals surface area contributed by atoms with Gasteiger partial charge in [-0.05, 0) is 18.6 Å². The molecule has 2 aromatic rings. The van der Waals surface area contributed by atoms with E-state index >= 15 is 0 Å². The average Bonchev–Trinajstić information content (AvgIpc) is 3.09. The molecule has 5 nitrogen and oxygen atoms in total. The number of nitrogens with zero attached hydrogens (tertiary/aromatic N) is 4. The van der Waals surface area contributed by atoms with Crippen molar-refractivity contribution < 1.29 is 9.18 Å². The Hall–Kier alpha value is -2.37. The van der Waals surface area contributed by atoms with Crippen LogP contribution in [0.25, 0.3) is 0 Å². The molecule has 2 aliphatic heterocycles. The van der Waals surface area contributed by atoms with E-state index in [1.165, 1.54) is 6.07 Å². The third-order valence-corrected chi connectivity index (χ3v) is 5.11. The topological polar surface area (TPSA) is 41.4 Å². The Kier molecular flexibility index (Phi) is 3.96. The van der Waals surface area contributed by atoms with Gasteiger partial charge in [-0.25, -0.2) is 9.37 Å². The van der Waals surface area contributed by atoms with Crippen molar-refractivity contribution in [3.63, 3.8) is 0 Å². The van der Waals surface area contributed by atoms with Gasteiger partial charge in [0, 0.05) is 57.0 Å². The zero-order valence-electron chi connectivity index (χ0n) is 13.6. The largest absolute Gasteiger partial charge is 0.366 e. The normalized spacial score (nSPS) is 20.8. The number of benzene rings is 1. The van der Waals surface area contributed by atoms with Gasteiger partial charge in [0.2, 0.25) is 5.91 Å². The van der Waals surface area contributed by atoms with E-state index in [1.807, 2.05) is 28.4 Å². The number of rotatable bonds is 2. The van der Waals surface area contributed by atoms with E-state index in [1.54, 1.807) is 12.1 Å². The van der Waals surface area contributed by atoms with Gasteiger partial charge < -0.3 is 14.4 Å². The molecule has 0 radical (unpaired) electrons. The van der Waals surface area contributed by atoms with Gasteiger partial charge in [-0.1, -0.05) is 12.1 Å². The molecule has 3 heterocycles. The predicted molar refractivity (Wildman–Crippen MR) is 89.2 cm³/mol. The van der Waals surface area contributed by atoms with Crippen LogP contribution in [0.4, 0.5) is 10.1 Å². The summed E-state index contributed by atoms with van der Waals surface area (Å²) >= 11 is 0. The fourth-order valence-electron chi connectivity index (χ4n) is 3.71. The number of amides is 1. The minimum absolute atomic E-state index is 0.0502. The lowest BCUT2D eigenvalue weighted by Crippen LogP contribution is -2.51. The van der Waals surface area contributed by atoms with Crippen molar-refractivity contribution in [1.82, 2.24) is 14.5 Å². The molecule has 0 saturated carbocycles. The number of carbonyl (C=O) groups excluding carboxylic acids is 1. The number of imidazole rings is 1. The number of halogens is 1. The van der Waals surface area contributed by atoms with Gasteiger partial charge in [-0.15, -0.1) is 0 Å². The number of hydrogen-bond acceptors (Lipinski definition) is 3. The van der Waals surface area contributed by atoms with E-state index in [0.717, 1.165) is 25.1 Å². The zero-order valence-corrected chi connectivity index (χ0v) is 13.6. The number of hydrogen-bond donors (Lipinski definition) is 0. The lowest BCUT2D eigenvalue weighted by atomic mass is 9.94. The minimum atomic E-state index is -0.196. The van der Waals surface area contributed by atoms with E-state index in [-0.39, 0.29) is 17.6 Å². The standard InChI is InChI=1S/C18H21FN4O/c19-16-3-1-2-4-17(16)21-7-9-22(10-8-21)18(24)14-5-6-23-13-20-12-15(23)11-14/h1-4,12-14H,5-11H2. The van der Waals surface area contributed by atoms with Gasteiger partial charge in [0.15, 0.2) is 0 Å². The highest BCUT2D eigenvalue weighted by Crippen LogP contribution is 2.24. The smallest absolute Gasteiger partial charge is 0.226 e. The van der Waals surface area contributed by atoms with Gasteiger partial charge in [0.05, 0.1) is 12.0 Å². The fourth-order valence-corrected chi connectivity index (χ4v) is 3.71. The van der Waals surface area contributed by atoms with Gasteiger partial charge in [-0.2, -0.15) is 0 Å². The van der Waals surface area contributed by atoms with Crippen LogP contribution in [0.3, 0.4) is 0 Å². The Balaban J connectivity index is 1.38. The van der Waals surface area contributed by atoms with Crippen LogP contribution in [0.1, 0.15) is 12.1 Å². The van der Waals surface area contributed by atoms with Crippen molar-refractivity contribution >= 4 is 11.6 Å². The lowest BCUT2D eigenvalue weighted by Gasteiger charge is -2.38. The lowest BCUT2D eigenvalue weighted by molar-refractivity contribution is -0.136. The second kappa shape index (κ2) is 6.26. The van der Waals surface area contributed by atoms with Crippen molar-refractivity contribution in [2.24, 2.45) is 5.92 Å². The summed E-state index contributed by atoms with van der Waals surface area (Å²) in [5.74, 6) is 0.0858. The van der Waals surface area contributed by atoms with E-state index in [2.05, 4.69) is 9.55 Å². The number of carbonyl (C=O) groups is 1. The summed E-state index contributed by atoms with van der Waals surface area (Å²) in [6, 6.07) is 6.83. The summed E-state index contributed by atoms with van der Waals surface area (Å²) in [7, 11) is 0. The van der Waals surface area contributed by atoms with Crippen LogP contribution < -0.4 is 4.90 Å². The molecule has 1 atom stereocenters. The highest BCUT2D eigenvalue weighted by atomic mass is 19.1. The van der Waals surface area contributed by atoms with E-state index in [9.17, 15) is 9.18 Å². The van der Waals surface area contributed by atoms with Crippen LogP contribution >= 0.6 is 0 Å². The quantitative estimate of drug-likeness (QED) is 0.846. The SMILES string of the molecule is O=C(C1CCn2cncc2C1)N1CCN(c2ccccc2F)CC1. The maximum absolute atomic E-state index is 13.9. The van der Waals surface area contributed by atoms with Crippen LogP contribution in [0.5, 0.6) is 0 Å². The number of aryl methyl sites for hydroxylation is 1. The summed E-state index contributed by atoms with van der Waals surface area (Å²) in [6.45, 7) is 3.53. The average molecular weight is 328 g/mol. The van der Waals surface area contributed by atoms with E-state index in [0.29, 0.717) is 31.9 Å². The molecule has 1 fully saturated rings. The van der Waals surface area contributed by atoms with Gasteiger partial charge in [0.25, 0.3) is 0 Å². The van der Waals surface area contributed by atoms with Crippen molar-refractivity contribution in [2.45, 2.75) is 19.4 Å². The molecule has 126 valence electrons. The molecule has 0 aliphatic carbocycles. The molecule has 0 bridgehead atoms. The molecule has 1 aromatic carbocycles. The zero-order chi connectivity index (χ0) is 16.5. The third kappa shape index (κ3) is 2.77. The number of fused-ring (bicyclic) bond motifs is 1. The van der Waals surface area contributed by atoms with Crippen molar-refractivity contribution in [3.05, 3.63) is 48.3 Å². The van der Waals surface area contributed by atoms with Gasteiger partial charge in [-0.3, -0.25) is 4.79 Å². The summed E-state index contributed by atoms with van der Waals surface area (Å²) in [4.78, 5) is 20.9. The van der Waals surface area contributed by atoms with Crippen LogP contribution in [-0.2, 0) is 17.8 Å². The predicted octanol–water partition coefficient (Wildman–Crippen LogP) is 1.93. The molecule has 6 heteroatoms. The van der Waals surface area contributed by atoms with Crippen LogP contribution in [0.15, 0.2) is 36.8 Å². The molecule has 24 heavy (non-hydrogen) atoms. The van der Waals surface area contributed by atoms with Crippen LogP contribution in [0, 0.1) is 11.7 Å². The molecule has 1 saturated heterocycles. The highest BCUT2D eigenvalue weighted by molar-refractivity contribution is 5.79. The maximum Gasteiger partial charge on any atom is 0.226 e. The summed E-state index contributed by atoms with van der Waals surface area (Å²) < 4.78 is 16.0. The molecule has 1 unspecified atom stereocenters. The summed E-state index contributed by atoms with van der Waals surface area (Å²) in [5, 5.41) is 0. The molecule has 2 aliphatic rings. The molecule has 1 amide bonds. The Bertz CT molecular complexity index is 736. The highest BCUT2D eigenvalue weighted by Gasteiger charge is 2.30. The van der Waals surface area contributed by atoms with Gasteiger partial charge >= 0.3 is 0 Å². The van der Waals surface area contributed by atoms with E-state index < -0.39 is 0 Å². The second-order valence-corrected chi connectivity index (χ2v) is 6.53. The Labute approximate surface area is 140 Å². The number of aromatic nitrogens is 2. The monoisotopic (exact) mass is 328 g/mol. The van der Waals surface area contributed by atoms with E-state index in [4.69, 9.17) is 0 Å². The van der Waals surface area contributed by atoms with Gasteiger partial charge in [0.1, 0.15) is 5.82 Å². The van der Waals surface area contributed by atoms with Crippen molar-refractivity contribution in [3.8, 4) is 0 Å². The molecule has 0 spiro atoms. The molecule has 4 rings (SSSR count). The first-order chi connectivity index (χ1) is 11.7. The minimum Gasteiger partial charge on any atom is -0.366 e. The molecule has 0 N–H and O–H groups in total. The first-order valence-electron chi connectivity index (χ1n) is 8.49. The molecular formula is C18H21FN4O. The first kappa shape index (κ1) is 15.2. The number of anilines is 1. The Morgan fingerprint density at radius 1 is 1.12 bits per heavy atom. The Morgan fingerprint density at radius 3 is 2.71 bits per heavy atom. The summed E-state index contributed by atoms with van der Waals surface area (Å²) in [5.41, 5.74) is 1.77. The summed E-state index contributed by atoms with van der Waals surface area (Å²) in [6.07, 6.45) is 5.33. The Morgan fingerprint density at radius 2 is 1.92 bits per heavy atom. The number of piperazine rings is 1. The number of para-hydroxylation sites is 1. The molecular weight excluding hydrogens is 307 g/mol. The fraction of sp³-hybridized carbons (Fsp3) is 0.444. The van der Waals surface area contributed by atoms with Crippen molar-refractivity contribution in [1.29, 1.82) is 0 Å². The second-order valence-electron chi connectivity index (χ2n) is 6.53.